The first-order valence-corrected chi connectivity index (χ1v) is 8.22. The minimum absolute atomic E-state index is 0.890. The summed E-state index contributed by atoms with van der Waals surface area (Å²) in [6, 6.07) is 12.7. The number of furan rings is 1. The number of hydrogen-bond acceptors (Lipinski definition) is 3. The smallest absolute Gasteiger partial charge is 0.137 e. The van der Waals surface area contributed by atoms with E-state index in [1.165, 1.54) is 10.5 Å². The van der Waals surface area contributed by atoms with Crippen molar-refractivity contribution in [3.63, 3.8) is 0 Å². The lowest BCUT2D eigenvalue weighted by molar-refractivity contribution is 0.568. The van der Waals surface area contributed by atoms with Crippen LogP contribution in [0.3, 0.4) is 0 Å². The quantitative estimate of drug-likeness (QED) is 0.528. The van der Waals surface area contributed by atoms with E-state index in [1.54, 1.807) is 24.3 Å². The largest absolute Gasteiger partial charge is 0.472 e. The minimum atomic E-state index is 0.890. The van der Waals surface area contributed by atoms with Crippen molar-refractivity contribution >= 4 is 22.8 Å². The lowest BCUT2D eigenvalue weighted by Crippen LogP contribution is -1.82. The molecule has 0 unspecified atom stereocenters. The third kappa shape index (κ3) is 2.22. The summed E-state index contributed by atoms with van der Waals surface area (Å²) in [5.74, 6) is 0. The van der Waals surface area contributed by atoms with E-state index < -0.39 is 0 Å². The predicted octanol–water partition coefficient (Wildman–Crippen LogP) is 5.21. The van der Waals surface area contributed by atoms with Crippen LogP contribution in [-0.2, 0) is 0 Å². The van der Waals surface area contributed by atoms with Crippen LogP contribution in [0.2, 0.25) is 0 Å². The summed E-state index contributed by atoms with van der Waals surface area (Å²) in [5.41, 5.74) is 5.35. The third-order valence-electron chi connectivity index (χ3n) is 3.79. The Morgan fingerprint density at radius 3 is 2.64 bits per heavy atom. The van der Waals surface area contributed by atoms with Gasteiger partial charge in [0, 0.05) is 39.4 Å². The molecule has 0 atom stereocenters. The van der Waals surface area contributed by atoms with Gasteiger partial charge in [0.2, 0.25) is 0 Å². The molecule has 0 fully saturated rings. The van der Waals surface area contributed by atoms with Gasteiger partial charge in [0.15, 0.2) is 0 Å². The van der Waals surface area contributed by atoms with Gasteiger partial charge in [-0.2, -0.15) is 0 Å². The standard InChI is InChI=1S/C18H14N2OS/c1-22-15-4-2-12(3-5-15)14-8-16-17(13-6-7-21-11-13)10-20-18(16)19-9-14/h2-11H,1H3,(H,19,20). The lowest BCUT2D eigenvalue weighted by Gasteiger charge is -2.04. The molecule has 108 valence electrons. The van der Waals surface area contributed by atoms with Crippen molar-refractivity contribution in [1.82, 2.24) is 9.97 Å². The molecule has 4 rings (SSSR count). The summed E-state index contributed by atoms with van der Waals surface area (Å²) in [6.07, 6.45) is 9.41. The minimum Gasteiger partial charge on any atom is -0.472 e. The molecular formula is C18H14N2OS. The number of aromatic amines is 1. The van der Waals surface area contributed by atoms with Gasteiger partial charge in [0.05, 0.1) is 12.5 Å². The van der Waals surface area contributed by atoms with Gasteiger partial charge in [0.1, 0.15) is 5.65 Å². The van der Waals surface area contributed by atoms with Crippen LogP contribution < -0.4 is 0 Å². The molecule has 0 aliphatic heterocycles. The number of nitrogens with zero attached hydrogens (tertiary/aromatic N) is 1. The van der Waals surface area contributed by atoms with Crippen molar-refractivity contribution in [2.45, 2.75) is 4.90 Å². The number of H-pyrrole nitrogens is 1. The molecule has 0 saturated heterocycles. The number of pyridine rings is 1. The number of hydrogen-bond donors (Lipinski definition) is 1. The van der Waals surface area contributed by atoms with Gasteiger partial charge >= 0.3 is 0 Å². The van der Waals surface area contributed by atoms with E-state index >= 15 is 0 Å². The molecule has 0 saturated carbocycles. The molecule has 4 heteroatoms. The van der Waals surface area contributed by atoms with E-state index in [2.05, 4.69) is 46.6 Å². The van der Waals surface area contributed by atoms with Crippen LogP contribution in [0.4, 0.5) is 0 Å². The number of rotatable bonds is 3. The van der Waals surface area contributed by atoms with Crippen molar-refractivity contribution in [3.05, 3.63) is 61.3 Å². The van der Waals surface area contributed by atoms with Gasteiger partial charge in [-0.15, -0.1) is 11.8 Å². The van der Waals surface area contributed by atoms with Crippen LogP contribution in [0, 0.1) is 0 Å². The van der Waals surface area contributed by atoms with Gasteiger partial charge < -0.3 is 9.40 Å². The van der Waals surface area contributed by atoms with Crippen molar-refractivity contribution < 1.29 is 4.42 Å². The highest BCUT2D eigenvalue weighted by Gasteiger charge is 2.09. The van der Waals surface area contributed by atoms with E-state index in [4.69, 9.17) is 4.42 Å². The molecule has 0 bridgehead atoms. The molecule has 0 radical (unpaired) electrons. The van der Waals surface area contributed by atoms with Crippen molar-refractivity contribution in [3.8, 4) is 22.3 Å². The Morgan fingerprint density at radius 1 is 1.05 bits per heavy atom. The highest BCUT2D eigenvalue weighted by atomic mass is 32.2. The summed E-state index contributed by atoms with van der Waals surface area (Å²) in [7, 11) is 0. The monoisotopic (exact) mass is 306 g/mol. The Morgan fingerprint density at radius 2 is 1.91 bits per heavy atom. The number of aromatic nitrogens is 2. The van der Waals surface area contributed by atoms with Gasteiger partial charge in [0.25, 0.3) is 0 Å². The zero-order valence-electron chi connectivity index (χ0n) is 12.0. The first kappa shape index (κ1) is 13.2. The predicted molar refractivity (Wildman–Crippen MR) is 91.0 cm³/mol. The number of benzene rings is 1. The van der Waals surface area contributed by atoms with Gasteiger partial charge in [-0.05, 0) is 36.1 Å². The summed E-state index contributed by atoms with van der Waals surface area (Å²) in [6.45, 7) is 0. The summed E-state index contributed by atoms with van der Waals surface area (Å²) >= 11 is 1.75. The fraction of sp³-hybridized carbons (Fsp3) is 0.0556. The number of nitrogens with one attached hydrogen (secondary N) is 1. The molecule has 3 aromatic heterocycles. The van der Waals surface area contributed by atoms with Crippen LogP contribution >= 0.6 is 11.8 Å². The molecular weight excluding hydrogens is 292 g/mol. The van der Waals surface area contributed by atoms with E-state index in [0.717, 1.165) is 27.7 Å². The average Bonchev–Trinajstić information content (AvgIpc) is 3.23. The Labute approximate surface area is 132 Å². The van der Waals surface area contributed by atoms with E-state index in [0.29, 0.717) is 0 Å². The zero-order valence-corrected chi connectivity index (χ0v) is 12.9. The zero-order chi connectivity index (χ0) is 14.9. The van der Waals surface area contributed by atoms with E-state index in [1.807, 2.05) is 18.5 Å². The molecule has 0 amide bonds. The second-order valence-corrected chi connectivity index (χ2v) is 5.94. The average molecular weight is 306 g/mol. The number of thioether (sulfide) groups is 1. The van der Waals surface area contributed by atoms with Crippen LogP contribution in [0.1, 0.15) is 0 Å². The van der Waals surface area contributed by atoms with Crippen molar-refractivity contribution in [2.75, 3.05) is 6.26 Å². The van der Waals surface area contributed by atoms with Crippen LogP contribution in [-0.4, -0.2) is 16.2 Å². The summed E-state index contributed by atoms with van der Waals surface area (Å²) in [5, 5.41) is 1.10. The molecule has 22 heavy (non-hydrogen) atoms. The van der Waals surface area contributed by atoms with Gasteiger partial charge in [-0.25, -0.2) is 4.98 Å². The second-order valence-electron chi connectivity index (χ2n) is 5.06. The van der Waals surface area contributed by atoms with Crippen LogP contribution in [0.15, 0.2) is 70.6 Å². The maximum absolute atomic E-state index is 5.19. The summed E-state index contributed by atoms with van der Waals surface area (Å²) in [4.78, 5) is 9.02. The third-order valence-corrected chi connectivity index (χ3v) is 4.53. The normalized spacial score (nSPS) is 11.1. The molecule has 4 aromatic rings. The molecule has 3 nitrogen and oxygen atoms in total. The highest BCUT2D eigenvalue weighted by molar-refractivity contribution is 7.98. The summed E-state index contributed by atoms with van der Waals surface area (Å²) < 4.78 is 5.19. The van der Waals surface area contributed by atoms with Gasteiger partial charge in [-0.3, -0.25) is 0 Å². The first-order chi connectivity index (χ1) is 10.8. The Hall–Kier alpha value is -2.46. The maximum Gasteiger partial charge on any atom is 0.137 e. The van der Waals surface area contributed by atoms with Gasteiger partial charge in [-0.1, -0.05) is 12.1 Å². The topological polar surface area (TPSA) is 41.8 Å². The Kier molecular flexibility index (Phi) is 3.24. The van der Waals surface area contributed by atoms with Crippen molar-refractivity contribution in [1.29, 1.82) is 0 Å². The lowest BCUT2D eigenvalue weighted by atomic mass is 10.0. The molecule has 0 aliphatic carbocycles. The van der Waals surface area contributed by atoms with E-state index in [9.17, 15) is 0 Å². The molecule has 0 aliphatic rings. The van der Waals surface area contributed by atoms with Crippen molar-refractivity contribution in [2.24, 2.45) is 0 Å². The maximum atomic E-state index is 5.19. The fourth-order valence-corrected chi connectivity index (χ4v) is 3.01. The molecule has 1 N–H and O–H groups in total. The molecule has 1 aromatic carbocycles. The highest BCUT2D eigenvalue weighted by Crippen LogP contribution is 2.31. The van der Waals surface area contributed by atoms with Crippen LogP contribution in [0.25, 0.3) is 33.3 Å². The Balaban J connectivity index is 1.83. The molecule has 3 heterocycles. The fourth-order valence-electron chi connectivity index (χ4n) is 2.60. The second kappa shape index (κ2) is 5.39. The van der Waals surface area contributed by atoms with E-state index in [-0.39, 0.29) is 0 Å². The number of fused-ring (bicyclic) bond motifs is 1. The SMILES string of the molecule is CSc1ccc(-c2cnc3[nH]cc(-c4ccoc4)c3c2)cc1. The molecule has 0 spiro atoms. The first-order valence-electron chi connectivity index (χ1n) is 6.99. The Bertz CT molecular complexity index is 908. The van der Waals surface area contributed by atoms with Crippen LogP contribution in [0.5, 0.6) is 0 Å².